The Morgan fingerprint density at radius 3 is 2.91 bits per heavy atom. The van der Waals surface area contributed by atoms with Crippen LogP contribution in [0.3, 0.4) is 0 Å². The SMILES string of the molecule is CC(C)NC(=O)C[C@H]1C(=O)NCCN1Cc1c(F)cccc1Cl. The number of nitrogens with zero attached hydrogens (tertiary/aromatic N) is 1. The van der Waals surface area contributed by atoms with Crippen LogP contribution in [0.15, 0.2) is 18.2 Å². The van der Waals surface area contributed by atoms with Gasteiger partial charge < -0.3 is 10.6 Å². The molecular formula is C16H21ClFN3O2. The predicted octanol–water partition coefficient (Wildman–Crippen LogP) is 1.69. The Hall–Kier alpha value is -1.66. The van der Waals surface area contributed by atoms with E-state index < -0.39 is 11.9 Å². The smallest absolute Gasteiger partial charge is 0.237 e. The summed E-state index contributed by atoms with van der Waals surface area (Å²) in [6, 6.07) is 3.87. The van der Waals surface area contributed by atoms with Crippen molar-refractivity contribution in [3.63, 3.8) is 0 Å². The van der Waals surface area contributed by atoms with Crippen LogP contribution in [0.5, 0.6) is 0 Å². The first-order valence-electron chi connectivity index (χ1n) is 7.62. The number of hydrogen-bond donors (Lipinski definition) is 2. The molecule has 0 bridgehead atoms. The van der Waals surface area contributed by atoms with Gasteiger partial charge in [-0.2, -0.15) is 0 Å². The highest BCUT2D eigenvalue weighted by Crippen LogP contribution is 2.23. The molecule has 0 spiro atoms. The number of carbonyl (C=O) groups is 2. The van der Waals surface area contributed by atoms with Gasteiger partial charge in [0.05, 0.1) is 12.5 Å². The van der Waals surface area contributed by atoms with Crippen molar-refractivity contribution in [3.8, 4) is 0 Å². The average Bonchev–Trinajstić information content (AvgIpc) is 2.45. The Balaban J connectivity index is 2.14. The number of hydrogen-bond acceptors (Lipinski definition) is 3. The van der Waals surface area contributed by atoms with E-state index in [1.807, 2.05) is 13.8 Å². The number of halogens is 2. The standard InChI is InChI=1S/C16H21ClFN3O2/c1-10(2)20-15(22)8-14-16(23)19-6-7-21(14)9-11-12(17)4-3-5-13(11)18/h3-5,10,14H,6-9H2,1-2H3,(H,19,23)(H,20,22)/t14-/m0/s1. The van der Waals surface area contributed by atoms with E-state index in [1.54, 1.807) is 11.0 Å². The number of rotatable bonds is 5. The van der Waals surface area contributed by atoms with E-state index >= 15 is 0 Å². The first-order valence-corrected chi connectivity index (χ1v) is 8.00. The molecule has 7 heteroatoms. The molecule has 126 valence electrons. The molecule has 0 unspecified atom stereocenters. The molecule has 1 atom stereocenters. The number of carbonyl (C=O) groups excluding carboxylic acids is 2. The normalized spacial score (nSPS) is 18.8. The fourth-order valence-corrected chi connectivity index (χ4v) is 2.84. The van der Waals surface area contributed by atoms with Crippen LogP contribution in [0.1, 0.15) is 25.8 Å². The van der Waals surface area contributed by atoms with Crippen molar-refractivity contribution >= 4 is 23.4 Å². The minimum atomic E-state index is -0.627. The number of benzene rings is 1. The van der Waals surface area contributed by atoms with E-state index in [0.717, 1.165) is 0 Å². The summed E-state index contributed by atoms with van der Waals surface area (Å²) in [6.45, 7) is 4.91. The van der Waals surface area contributed by atoms with Crippen LogP contribution in [0, 0.1) is 5.82 Å². The molecule has 2 N–H and O–H groups in total. The van der Waals surface area contributed by atoms with Crippen molar-refractivity contribution < 1.29 is 14.0 Å². The van der Waals surface area contributed by atoms with Gasteiger partial charge in [-0.3, -0.25) is 14.5 Å². The monoisotopic (exact) mass is 341 g/mol. The third-order valence-corrected chi connectivity index (χ3v) is 4.05. The second-order valence-corrected chi connectivity index (χ2v) is 6.31. The van der Waals surface area contributed by atoms with Gasteiger partial charge in [0.2, 0.25) is 11.8 Å². The summed E-state index contributed by atoms with van der Waals surface area (Å²) in [5.41, 5.74) is 0.345. The molecule has 1 aliphatic heterocycles. The minimum absolute atomic E-state index is 0.00335. The summed E-state index contributed by atoms with van der Waals surface area (Å²) < 4.78 is 14.0. The Morgan fingerprint density at radius 1 is 1.52 bits per heavy atom. The van der Waals surface area contributed by atoms with Crippen molar-refractivity contribution in [1.29, 1.82) is 0 Å². The number of amides is 2. The maximum atomic E-state index is 14.0. The highest BCUT2D eigenvalue weighted by Gasteiger charge is 2.32. The van der Waals surface area contributed by atoms with Crippen LogP contribution in [-0.4, -0.2) is 41.9 Å². The van der Waals surface area contributed by atoms with Gasteiger partial charge in [-0.05, 0) is 26.0 Å². The van der Waals surface area contributed by atoms with E-state index in [-0.39, 0.29) is 30.8 Å². The van der Waals surface area contributed by atoms with Crippen LogP contribution in [0.4, 0.5) is 4.39 Å². The third-order valence-electron chi connectivity index (χ3n) is 3.69. The van der Waals surface area contributed by atoms with E-state index in [4.69, 9.17) is 11.6 Å². The van der Waals surface area contributed by atoms with Crippen molar-refractivity contribution in [2.75, 3.05) is 13.1 Å². The molecule has 1 saturated heterocycles. The first-order chi connectivity index (χ1) is 10.9. The van der Waals surface area contributed by atoms with Crippen molar-refractivity contribution in [2.45, 2.75) is 38.9 Å². The molecule has 2 rings (SSSR count). The molecular weight excluding hydrogens is 321 g/mol. The Morgan fingerprint density at radius 2 is 2.26 bits per heavy atom. The molecule has 1 heterocycles. The highest BCUT2D eigenvalue weighted by molar-refractivity contribution is 6.31. The minimum Gasteiger partial charge on any atom is -0.354 e. The molecule has 0 aromatic heterocycles. The Labute approximate surface area is 140 Å². The molecule has 1 fully saturated rings. The molecule has 1 aromatic carbocycles. The fourth-order valence-electron chi connectivity index (χ4n) is 2.62. The topological polar surface area (TPSA) is 61.4 Å². The lowest BCUT2D eigenvalue weighted by atomic mass is 10.1. The third kappa shape index (κ3) is 4.65. The molecule has 5 nitrogen and oxygen atoms in total. The van der Waals surface area contributed by atoms with E-state index in [1.165, 1.54) is 12.1 Å². The van der Waals surface area contributed by atoms with Gasteiger partial charge in [-0.1, -0.05) is 17.7 Å². The van der Waals surface area contributed by atoms with Crippen molar-refractivity contribution in [3.05, 3.63) is 34.6 Å². The van der Waals surface area contributed by atoms with Gasteiger partial charge in [0.25, 0.3) is 0 Å². The molecule has 1 aliphatic rings. The summed E-state index contributed by atoms with van der Waals surface area (Å²) in [5, 5.41) is 5.84. The van der Waals surface area contributed by atoms with Crippen molar-refractivity contribution in [1.82, 2.24) is 15.5 Å². The van der Waals surface area contributed by atoms with Crippen LogP contribution in [0.25, 0.3) is 0 Å². The molecule has 2 amide bonds. The number of nitrogens with one attached hydrogen (secondary N) is 2. The summed E-state index contributed by atoms with van der Waals surface area (Å²) >= 11 is 6.06. The average molecular weight is 342 g/mol. The molecule has 1 aromatic rings. The molecule has 0 radical (unpaired) electrons. The zero-order valence-corrected chi connectivity index (χ0v) is 14.0. The van der Waals surface area contributed by atoms with Crippen LogP contribution in [-0.2, 0) is 16.1 Å². The zero-order valence-electron chi connectivity index (χ0n) is 13.2. The summed E-state index contributed by atoms with van der Waals surface area (Å²) in [7, 11) is 0. The van der Waals surface area contributed by atoms with Crippen molar-refractivity contribution in [2.24, 2.45) is 0 Å². The highest BCUT2D eigenvalue weighted by atomic mass is 35.5. The van der Waals surface area contributed by atoms with Gasteiger partial charge in [0.1, 0.15) is 5.82 Å². The van der Waals surface area contributed by atoms with Gasteiger partial charge in [0, 0.05) is 36.3 Å². The predicted molar refractivity (Wildman–Crippen MR) is 86.5 cm³/mol. The van der Waals surface area contributed by atoms with Crippen LogP contribution < -0.4 is 10.6 Å². The van der Waals surface area contributed by atoms with Gasteiger partial charge in [-0.25, -0.2) is 4.39 Å². The quantitative estimate of drug-likeness (QED) is 0.857. The fraction of sp³-hybridized carbons (Fsp3) is 0.500. The summed E-state index contributed by atoms with van der Waals surface area (Å²) in [4.78, 5) is 25.9. The van der Waals surface area contributed by atoms with E-state index in [2.05, 4.69) is 10.6 Å². The Bertz CT molecular complexity index is 574. The lowest BCUT2D eigenvalue weighted by Crippen LogP contribution is -2.56. The number of piperazine rings is 1. The summed E-state index contributed by atoms with van der Waals surface area (Å²) in [5.74, 6) is -0.830. The second-order valence-electron chi connectivity index (χ2n) is 5.90. The van der Waals surface area contributed by atoms with Gasteiger partial charge in [0.15, 0.2) is 0 Å². The maximum Gasteiger partial charge on any atom is 0.237 e. The maximum absolute atomic E-state index is 14.0. The van der Waals surface area contributed by atoms with Gasteiger partial charge in [-0.15, -0.1) is 0 Å². The van der Waals surface area contributed by atoms with Crippen LogP contribution in [0.2, 0.25) is 5.02 Å². The largest absolute Gasteiger partial charge is 0.354 e. The molecule has 23 heavy (non-hydrogen) atoms. The Kier molecular flexibility index (Phi) is 5.96. The molecule has 0 saturated carbocycles. The summed E-state index contributed by atoms with van der Waals surface area (Å²) in [6.07, 6.45) is 0.0378. The lowest BCUT2D eigenvalue weighted by molar-refractivity contribution is -0.134. The zero-order chi connectivity index (χ0) is 17.0. The van der Waals surface area contributed by atoms with Gasteiger partial charge >= 0.3 is 0 Å². The second kappa shape index (κ2) is 7.75. The lowest BCUT2D eigenvalue weighted by Gasteiger charge is -2.35. The van der Waals surface area contributed by atoms with Crippen LogP contribution >= 0.6 is 11.6 Å². The molecule has 0 aliphatic carbocycles. The first kappa shape index (κ1) is 17.7. The van der Waals surface area contributed by atoms with E-state index in [0.29, 0.717) is 23.7 Å². The van der Waals surface area contributed by atoms with E-state index in [9.17, 15) is 14.0 Å².